The van der Waals surface area contributed by atoms with Crippen molar-refractivity contribution in [1.29, 1.82) is 0 Å². The lowest BCUT2D eigenvalue weighted by Crippen LogP contribution is -2.29. The van der Waals surface area contributed by atoms with Crippen molar-refractivity contribution in [3.63, 3.8) is 0 Å². The summed E-state index contributed by atoms with van der Waals surface area (Å²) < 4.78 is 13.0. The molecule has 0 aliphatic heterocycles. The molecule has 0 aliphatic rings. The monoisotopic (exact) mass is 207 g/mol. The van der Waals surface area contributed by atoms with Gasteiger partial charge in [0, 0.05) is 8.07 Å². The average molecular weight is 207 g/mol. The van der Waals surface area contributed by atoms with Gasteiger partial charge in [-0.1, -0.05) is 37.3 Å². The van der Waals surface area contributed by atoms with E-state index in [0.29, 0.717) is 0 Å². The van der Waals surface area contributed by atoms with E-state index in [4.69, 9.17) is 0 Å². The predicted octanol–water partition coefficient (Wildman–Crippen LogP) is 2.76. The molecule has 0 heterocycles. The number of halogens is 1. The summed E-state index contributed by atoms with van der Waals surface area (Å²) in [4.78, 5) is 0. The number of hydrogen-bond acceptors (Lipinski definition) is 0. The van der Waals surface area contributed by atoms with Crippen LogP contribution >= 0.6 is 0 Å². The molecule has 0 N–H and O–H groups in total. The van der Waals surface area contributed by atoms with Crippen molar-refractivity contribution in [1.82, 2.24) is 0 Å². The van der Waals surface area contributed by atoms with Crippen LogP contribution < -0.4 is 5.46 Å². The lowest BCUT2D eigenvalue weighted by atomic mass is 9.70. The molecule has 1 rings (SSSR count). The number of aryl methyl sites for hydroxylation is 1. The molecule has 0 bridgehead atoms. The molecule has 0 saturated heterocycles. The summed E-state index contributed by atoms with van der Waals surface area (Å²) in [6, 6.07) is 4.97. The zero-order valence-corrected chi connectivity index (χ0v) is 10.4. The summed E-state index contributed by atoms with van der Waals surface area (Å²) in [5.74, 6) is 0.967. The normalized spacial score (nSPS) is 11.8. The van der Waals surface area contributed by atoms with Crippen LogP contribution in [-0.4, -0.2) is 15.4 Å². The zero-order valence-electron chi connectivity index (χ0n) is 9.39. The highest BCUT2D eigenvalue weighted by molar-refractivity contribution is 6.85. The first-order valence-electron chi connectivity index (χ1n) is 4.98. The van der Waals surface area contributed by atoms with Gasteiger partial charge in [-0.25, -0.2) is 10.3 Å². The maximum absolute atomic E-state index is 13.0. The molecular weight excluding hydrogens is 190 g/mol. The minimum Gasteiger partial charge on any atom is -0.300 e. The van der Waals surface area contributed by atoms with Crippen LogP contribution in [-0.2, 0) is 0 Å². The van der Waals surface area contributed by atoms with Gasteiger partial charge in [-0.2, -0.15) is 0 Å². The number of rotatable bonds is 3. The molecule has 0 atom stereocenters. The van der Waals surface area contributed by atoms with Crippen LogP contribution in [0.2, 0.25) is 25.6 Å². The summed E-state index contributed by atoms with van der Waals surface area (Å²) in [7, 11) is 1.11. The maximum atomic E-state index is 13.0. The highest BCUT2D eigenvalue weighted by Gasteiger charge is 2.05. The van der Waals surface area contributed by atoms with Gasteiger partial charge in [0.2, 0.25) is 0 Å². The van der Waals surface area contributed by atoms with Gasteiger partial charge in [0.15, 0.2) is 0 Å². The molecule has 0 amide bonds. The molecule has 1 aromatic rings. The first-order chi connectivity index (χ1) is 6.38. The third-order valence-electron chi connectivity index (χ3n) is 2.18. The Morgan fingerprint density at radius 2 is 1.93 bits per heavy atom. The molecule has 1 aromatic carbocycles. The van der Waals surface area contributed by atoms with E-state index in [2.05, 4.69) is 26.9 Å². The molecule has 76 valence electrons. The third kappa shape index (κ3) is 3.66. The Labute approximate surface area is 87.8 Å². The SMILES string of the molecule is Cc1ccc(F)cc1[B-]C[Si](C)(C)C. The molecule has 14 heavy (non-hydrogen) atoms. The fourth-order valence-electron chi connectivity index (χ4n) is 1.25. The van der Waals surface area contributed by atoms with E-state index >= 15 is 0 Å². The van der Waals surface area contributed by atoms with Crippen molar-refractivity contribution in [3.05, 3.63) is 29.6 Å². The van der Waals surface area contributed by atoms with E-state index in [1.165, 1.54) is 6.07 Å². The third-order valence-corrected chi connectivity index (χ3v) is 3.60. The maximum Gasteiger partial charge on any atom is 0.119 e. The van der Waals surface area contributed by atoms with Crippen LogP contribution in [0.1, 0.15) is 5.56 Å². The van der Waals surface area contributed by atoms with Gasteiger partial charge >= 0.3 is 0 Å². The van der Waals surface area contributed by atoms with Crippen molar-refractivity contribution >= 4 is 20.8 Å². The first-order valence-corrected chi connectivity index (χ1v) is 8.68. The Morgan fingerprint density at radius 1 is 1.29 bits per heavy atom. The molecule has 0 aromatic heterocycles. The standard InChI is InChI=1S/C11H17BFSi/c1-9-5-6-10(13)7-11(9)12-8-14(2,3)4/h5-7H,8H2,1-4H3/q-1. The second-order valence-electron chi connectivity index (χ2n) is 4.97. The minimum absolute atomic E-state index is 0.141. The fourth-order valence-corrected chi connectivity index (χ4v) is 2.08. The predicted molar refractivity (Wildman–Crippen MR) is 64.7 cm³/mol. The second kappa shape index (κ2) is 4.30. The first kappa shape index (κ1) is 11.5. The summed E-state index contributed by atoms with van der Waals surface area (Å²) in [6.45, 7) is 8.98. The van der Waals surface area contributed by atoms with Crippen molar-refractivity contribution in [2.45, 2.75) is 32.5 Å². The van der Waals surface area contributed by atoms with Crippen LogP contribution in [0.5, 0.6) is 0 Å². The van der Waals surface area contributed by atoms with Gasteiger partial charge in [0.25, 0.3) is 0 Å². The lowest BCUT2D eigenvalue weighted by molar-refractivity contribution is 0.628. The largest absolute Gasteiger partial charge is 0.300 e. The van der Waals surface area contributed by atoms with Gasteiger partial charge in [-0.3, -0.25) is 5.46 Å². The molecule has 0 nitrogen and oxygen atoms in total. The van der Waals surface area contributed by atoms with E-state index in [-0.39, 0.29) is 5.82 Å². The van der Waals surface area contributed by atoms with E-state index in [0.717, 1.165) is 17.0 Å². The average Bonchev–Trinajstić information content (AvgIpc) is 2.05. The summed E-state index contributed by atoms with van der Waals surface area (Å²) in [6.07, 6.45) is 0. The Morgan fingerprint density at radius 3 is 2.50 bits per heavy atom. The number of benzene rings is 1. The number of hydrogen-bond donors (Lipinski definition) is 0. The molecule has 0 fully saturated rings. The Kier molecular flexibility index (Phi) is 3.54. The Balaban J connectivity index is 2.72. The van der Waals surface area contributed by atoms with Crippen molar-refractivity contribution in [3.8, 4) is 0 Å². The van der Waals surface area contributed by atoms with E-state index < -0.39 is 8.07 Å². The van der Waals surface area contributed by atoms with Crippen molar-refractivity contribution in [2.24, 2.45) is 0 Å². The van der Waals surface area contributed by atoms with Crippen LogP contribution in [0.3, 0.4) is 0 Å². The van der Waals surface area contributed by atoms with Crippen molar-refractivity contribution < 1.29 is 4.39 Å². The van der Waals surface area contributed by atoms with E-state index in [9.17, 15) is 4.39 Å². The van der Waals surface area contributed by atoms with E-state index in [1.807, 2.05) is 13.0 Å². The smallest absolute Gasteiger partial charge is 0.119 e. The molecule has 0 saturated carbocycles. The van der Waals surface area contributed by atoms with Gasteiger partial charge in [0.05, 0.1) is 0 Å². The molecule has 3 heteroatoms. The molecule has 0 unspecified atom stereocenters. The van der Waals surface area contributed by atoms with Crippen molar-refractivity contribution in [2.75, 3.05) is 0 Å². The van der Waals surface area contributed by atoms with Gasteiger partial charge < -0.3 is 7.28 Å². The Bertz CT molecular complexity index is 318. The molecule has 0 spiro atoms. The summed E-state index contributed by atoms with van der Waals surface area (Å²) in [5.41, 5.74) is 2.21. The summed E-state index contributed by atoms with van der Waals surface area (Å²) in [5, 5.41) is 0. The van der Waals surface area contributed by atoms with Gasteiger partial charge in [-0.05, 0) is 13.0 Å². The van der Waals surface area contributed by atoms with Gasteiger partial charge in [-0.15, -0.1) is 0 Å². The van der Waals surface area contributed by atoms with Crippen LogP contribution in [0.4, 0.5) is 4.39 Å². The topological polar surface area (TPSA) is 0 Å². The Hall–Kier alpha value is -0.568. The highest BCUT2D eigenvalue weighted by Crippen LogP contribution is 2.07. The molecular formula is C11H17BFSi-. The minimum atomic E-state index is -1.06. The van der Waals surface area contributed by atoms with Crippen LogP contribution in [0.15, 0.2) is 18.2 Å². The second-order valence-corrected chi connectivity index (χ2v) is 10.5. The van der Waals surface area contributed by atoms with Crippen LogP contribution in [0.25, 0.3) is 0 Å². The fraction of sp³-hybridized carbons (Fsp3) is 0.455. The van der Waals surface area contributed by atoms with Gasteiger partial charge in [0.1, 0.15) is 5.82 Å². The zero-order chi connectivity index (χ0) is 10.8. The van der Waals surface area contributed by atoms with E-state index in [1.54, 1.807) is 6.07 Å². The quantitative estimate of drug-likeness (QED) is 0.668. The molecule has 0 aliphatic carbocycles. The highest BCUT2D eigenvalue weighted by atomic mass is 28.3. The molecule has 2 radical (unpaired) electrons. The summed E-state index contributed by atoms with van der Waals surface area (Å²) >= 11 is 0. The lowest BCUT2D eigenvalue weighted by Gasteiger charge is -2.27. The van der Waals surface area contributed by atoms with Crippen LogP contribution in [0, 0.1) is 12.7 Å².